The molecule has 7 heteroatoms. The van der Waals surface area contributed by atoms with E-state index in [4.69, 9.17) is 17.3 Å². The number of nitrogens with zero attached hydrogens (tertiary/aromatic N) is 5. The van der Waals surface area contributed by atoms with E-state index in [0.717, 1.165) is 25.1 Å². The molecule has 0 bridgehead atoms. The number of aliphatic hydroxyl groups excluding tert-OH is 1. The van der Waals surface area contributed by atoms with Crippen LogP contribution in [0, 0.1) is 0 Å². The van der Waals surface area contributed by atoms with Crippen molar-refractivity contribution in [3.8, 4) is 0 Å². The van der Waals surface area contributed by atoms with E-state index in [2.05, 4.69) is 20.8 Å². The molecule has 1 aromatic rings. The molecule has 0 aromatic carbocycles. The molecule has 1 rings (SSSR count). The van der Waals surface area contributed by atoms with E-state index in [9.17, 15) is 0 Å². The molecule has 0 aliphatic carbocycles. The predicted octanol–water partition coefficient (Wildman–Crippen LogP) is -0.543. The third kappa shape index (κ3) is 4.30. The lowest BCUT2D eigenvalue weighted by Crippen LogP contribution is -2.17. The molecule has 15 heavy (non-hydrogen) atoms. The number of aliphatic hydroxyl groups is 1. The molecule has 0 fully saturated rings. The summed E-state index contributed by atoms with van der Waals surface area (Å²) in [4.78, 5) is 0.652. The average molecular weight is 228 g/mol. The first-order valence-corrected chi connectivity index (χ1v) is 5.17. The smallest absolute Gasteiger partial charge is 0.150 e. The van der Waals surface area contributed by atoms with Crippen molar-refractivity contribution in [1.29, 1.82) is 0 Å². The summed E-state index contributed by atoms with van der Waals surface area (Å²) < 4.78 is 1.65. The van der Waals surface area contributed by atoms with Crippen LogP contribution in [0.15, 0.2) is 0 Å². The van der Waals surface area contributed by atoms with Crippen LogP contribution in [0.4, 0.5) is 0 Å². The first-order chi connectivity index (χ1) is 7.24. The Morgan fingerprint density at radius 3 is 3.00 bits per heavy atom. The molecule has 1 heterocycles. The molecule has 0 aliphatic heterocycles. The molecule has 6 nitrogen and oxygen atoms in total. The van der Waals surface area contributed by atoms with Gasteiger partial charge in [0.2, 0.25) is 0 Å². The Labute approximate surface area is 93.7 Å². The van der Waals surface area contributed by atoms with Gasteiger partial charge in [-0.15, -0.1) is 5.10 Å². The number of aromatic nitrogens is 4. The van der Waals surface area contributed by atoms with E-state index < -0.39 is 0 Å². The first kappa shape index (κ1) is 12.0. The fourth-order valence-corrected chi connectivity index (χ4v) is 1.35. The highest BCUT2D eigenvalue weighted by Crippen LogP contribution is 2.00. The van der Waals surface area contributed by atoms with Gasteiger partial charge >= 0.3 is 0 Å². The van der Waals surface area contributed by atoms with Crippen molar-refractivity contribution in [2.75, 3.05) is 13.2 Å². The lowest BCUT2D eigenvalue weighted by Gasteiger charge is -2.02. The summed E-state index contributed by atoms with van der Waals surface area (Å²) in [6.07, 6.45) is 2.41. The Balaban J connectivity index is 2.16. The minimum Gasteiger partial charge on any atom is -0.394 e. The molecule has 1 N–H and O–H groups in total. The van der Waals surface area contributed by atoms with E-state index >= 15 is 0 Å². The molecule has 1 aromatic heterocycles. The molecule has 0 atom stereocenters. The van der Waals surface area contributed by atoms with Crippen molar-refractivity contribution >= 4 is 17.2 Å². The summed E-state index contributed by atoms with van der Waals surface area (Å²) in [5.41, 5.74) is 0. The molecule has 0 aliphatic rings. The van der Waals surface area contributed by atoms with Crippen molar-refractivity contribution in [3.05, 3.63) is 5.82 Å². The van der Waals surface area contributed by atoms with E-state index in [-0.39, 0.29) is 6.61 Å². The Kier molecular flexibility index (Phi) is 5.13. The van der Waals surface area contributed by atoms with Crippen LogP contribution < -0.4 is 5.32 Å². The van der Waals surface area contributed by atoms with Gasteiger partial charge in [0.25, 0.3) is 0 Å². The third-order valence-electron chi connectivity index (χ3n) is 1.89. The van der Waals surface area contributed by atoms with Gasteiger partial charge in [0.1, 0.15) is 0 Å². The van der Waals surface area contributed by atoms with Crippen LogP contribution in [-0.2, 0) is 13.5 Å². The van der Waals surface area contributed by atoms with Crippen LogP contribution >= 0.6 is 12.2 Å². The molecule has 1 radical (unpaired) electrons. The molecule has 0 unspecified atom stereocenters. The fraction of sp³-hybridized carbons (Fsp3) is 0.750. The van der Waals surface area contributed by atoms with Gasteiger partial charge in [-0.25, -0.2) is 4.68 Å². The largest absolute Gasteiger partial charge is 0.394 e. The van der Waals surface area contributed by atoms with Gasteiger partial charge in [0.05, 0.1) is 18.1 Å². The Morgan fingerprint density at radius 2 is 2.40 bits per heavy atom. The van der Waals surface area contributed by atoms with Gasteiger partial charge in [0, 0.05) is 19.9 Å². The number of hydrogen-bond donors (Lipinski definition) is 1. The van der Waals surface area contributed by atoms with Crippen LogP contribution in [0.25, 0.3) is 0 Å². The molecule has 0 saturated heterocycles. The van der Waals surface area contributed by atoms with Gasteiger partial charge in [-0.1, -0.05) is 12.2 Å². The zero-order valence-corrected chi connectivity index (χ0v) is 9.44. The highest BCUT2D eigenvalue weighted by atomic mass is 32.1. The van der Waals surface area contributed by atoms with Gasteiger partial charge in [0.15, 0.2) is 5.82 Å². The van der Waals surface area contributed by atoms with Crippen LogP contribution in [0.1, 0.15) is 18.7 Å². The fourth-order valence-electron chi connectivity index (χ4n) is 1.11. The summed E-state index contributed by atoms with van der Waals surface area (Å²) in [6, 6.07) is 0. The van der Waals surface area contributed by atoms with Gasteiger partial charge < -0.3 is 5.11 Å². The predicted molar refractivity (Wildman–Crippen MR) is 58.4 cm³/mol. The number of hydrogen-bond acceptors (Lipinski definition) is 5. The number of thiocarbonyl (C=S) groups is 1. The van der Waals surface area contributed by atoms with Crippen LogP contribution in [0.2, 0.25) is 0 Å². The summed E-state index contributed by atoms with van der Waals surface area (Å²) in [7, 11) is 1.81. The topological polar surface area (TPSA) is 77.9 Å². The van der Waals surface area contributed by atoms with E-state index in [1.165, 1.54) is 0 Å². The Bertz CT molecular complexity index is 314. The molecule has 0 amide bonds. The second-order valence-corrected chi connectivity index (χ2v) is 3.54. The maximum atomic E-state index is 8.54. The van der Waals surface area contributed by atoms with Crippen LogP contribution in [0.3, 0.4) is 0 Å². The second-order valence-electron chi connectivity index (χ2n) is 3.07. The minimum atomic E-state index is 0.0490. The van der Waals surface area contributed by atoms with Gasteiger partial charge in [-0.3, -0.25) is 5.32 Å². The van der Waals surface area contributed by atoms with E-state index in [1.54, 1.807) is 4.68 Å². The maximum absolute atomic E-state index is 8.54. The highest BCUT2D eigenvalue weighted by Gasteiger charge is 2.03. The molecular weight excluding hydrogens is 214 g/mol. The lowest BCUT2D eigenvalue weighted by molar-refractivity contribution is 0.299. The monoisotopic (exact) mass is 228 g/mol. The highest BCUT2D eigenvalue weighted by molar-refractivity contribution is 7.80. The van der Waals surface area contributed by atoms with Crippen molar-refractivity contribution < 1.29 is 5.11 Å². The molecular formula is C8H14N5OS. The Morgan fingerprint density at radius 1 is 1.60 bits per heavy atom. The first-order valence-electron chi connectivity index (χ1n) is 4.76. The van der Waals surface area contributed by atoms with Gasteiger partial charge in [-0.2, -0.15) is 0 Å². The van der Waals surface area contributed by atoms with E-state index in [0.29, 0.717) is 11.5 Å². The molecule has 0 saturated carbocycles. The molecule has 83 valence electrons. The average Bonchev–Trinajstić information content (AvgIpc) is 2.61. The quantitative estimate of drug-likeness (QED) is 0.661. The number of rotatable bonds is 6. The van der Waals surface area contributed by atoms with Crippen LogP contribution in [-0.4, -0.2) is 43.5 Å². The van der Waals surface area contributed by atoms with E-state index in [1.807, 2.05) is 7.05 Å². The van der Waals surface area contributed by atoms with Crippen molar-refractivity contribution in [1.82, 2.24) is 25.5 Å². The summed E-state index contributed by atoms with van der Waals surface area (Å²) >= 11 is 5.01. The summed E-state index contributed by atoms with van der Waals surface area (Å²) in [6.45, 7) is 0.442. The standard InChI is InChI=1S/C8H14N5OS/c1-13-7(10-11-12-13)3-2-4-8(15)9-5-6-14/h14H,2-6H2,1H3. The zero-order chi connectivity index (χ0) is 11.1. The van der Waals surface area contributed by atoms with Gasteiger partial charge in [-0.05, 0) is 16.8 Å². The lowest BCUT2D eigenvalue weighted by atomic mass is 10.2. The Hall–Kier alpha value is -1.08. The van der Waals surface area contributed by atoms with Crippen LogP contribution in [0.5, 0.6) is 0 Å². The zero-order valence-electron chi connectivity index (χ0n) is 8.63. The normalized spacial score (nSPS) is 10.3. The summed E-state index contributed by atoms with van der Waals surface area (Å²) in [5, 5.41) is 23.7. The maximum Gasteiger partial charge on any atom is 0.150 e. The third-order valence-corrected chi connectivity index (χ3v) is 2.22. The SMILES string of the molecule is Cn1nnnc1CCCC(=S)[N]CCO. The second kappa shape index (κ2) is 6.41. The van der Waals surface area contributed by atoms with Crippen molar-refractivity contribution in [2.45, 2.75) is 19.3 Å². The van der Waals surface area contributed by atoms with Crippen molar-refractivity contribution in [2.24, 2.45) is 7.05 Å². The summed E-state index contributed by atoms with van der Waals surface area (Å²) in [5.74, 6) is 0.847. The van der Waals surface area contributed by atoms with Crippen molar-refractivity contribution in [3.63, 3.8) is 0 Å². The molecule has 0 spiro atoms. The number of tetrazole rings is 1. The number of aryl methyl sites for hydroxylation is 2. The minimum absolute atomic E-state index is 0.0490.